The Bertz CT molecular complexity index is 428. The zero-order valence-corrected chi connectivity index (χ0v) is 12.8. The van der Waals surface area contributed by atoms with E-state index < -0.39 is 23.3 Å². The van der Waals surface area contributed by atoms with Gasteiger partial charge in [0.15, 0.2) is 0 Å². The van der Waals surface area contributed by atoms with Crippen molar-refractivity contribution in [1.29, 1.82) is 0 Å². The van der Waals surface area contributed by atoms with Crippen molar-refractivity contribution >= 4 is 17.9 Å². The van der Waals surface area contributed by atoms with Crippen molar-refractivity contribution < 1.29 is 29.0 Å². The molecule has 7 nitrogen and oxygen atoms in total. The van der Waals surface area contributed by atoms with Gasteiger partial charge in [0, 0.05) is 19.3 Å². The number of carboxylic acid groups (broad SMARTS) is 1. The Morgan fingerprint density at radius 1 is 1.14 bits per heavy atom. The lowest BCUT2D eigenvalue weighted by Gasteiger charge is -2.23. The molecule has 0 aromatic carbocycles. The summed E-state index contributed by atoms with van der Waals surface area (Å²) in [5.74, 6) is 0.123. The van der Waals surface area contributed by atoms with E-state index in [-0.39, 0.29) is 26.1 Å². The lowest BCUT2D eigenvalue weighted by molar-refractivity contribution is -0.165. The van der Waals surface area contributed by atoms with Crippen LogP contribution in [0.1, 0.15) is 39.0 Å². The molecule has 124 valence electrons. The molecule has 0 heterocycles. The number of rotatable bonds is 11. The summed E-state index contributed by atoms with van der Waals surface area (Å²) in [5, 5.41) is 9.22. The summed E-state index contributed by atoms with van der Waals surface area (Å²) in [7, 11) is 0. The molecule has 0 saturated heterocycles. The van der Waals surface area contributed by atoms with Crippen molar-refractivity contribution in [2.24, 2.45) is 11.1 Å². The Morgan fingerprint density at radius 2 is 1.64 bits per heavy atom. The number of carbonyl (C=O) groups is 3. The van der Waals surface area contributed by atoms with Gasteiger partial charge >= 0.3 is 17.9 Å². The molecule has 0 saturated carbocycles. The number of ether oxygens (including phenoxy) is 2. The number of unbranched alkanes of at least 4 members (excludes halogenated alkanes) is 1. The lowest BCUT2D eigenvalue weighted by Crippen LogP contribution is -2.39. The van der Waals surface area contributed by atoms with Crippen molar-refractivity contribution in [3.8, 4) is 12.3 Å². The molecular formula is C15H23NO6. The maximum Gasteiger partial charge on any atom is 0.316 e. The van der Waals surface area contributed by atoms with Gasteiger partial charge in [-0.25, -0.2) is 0 Å². The van der Waals surface area contributed by atoms with Gasteiger partial charge in [-0.15, -0.1) is 12.3 Å². The van der Waals surface area contributed by atoms with Crippen LogP contribution in [-0.2, 0) is 23.9 Å². The van der Waals surface area contributed by atoms with Gasteiger partial charge in [0.05, 0.1) is 0 Å². The fraction of sp³-hybridized carbons (Fsp3) is 0.667. The molecule has 1 unspecified atom stereocenters. The van der Waals surface area contributed by atoms with Crippen LogP contribution < -0.4 is 5.73 Å². The third-order valence-electron chi connectivity index (χ3n) is 2.91. The maximum atomic E-state index is 11.5. The summed E-state index contributed by atoms with van der Waals surface area (Å²) in [4.78, 5) is 34.1. The van der Waals surface area contributed by atoms with Gasteiger partial charge in [-0.2, -0.15) is 0 Å². The number of carbonyl (C=O) groups excluding carboxylic acids is 2. The molecular weight excluding hydrogens is 290 g/mol. The van der Waals surface area contributed by atoms with Crippen molar-refractivity contribution in [1.82, 2.24) is 0 Å². The van der Waals surface area contributed by atoms with Gasteiger partial charge in [0.2, 0.25) is 0 Å². The van der Waals surface area contributed by atoms with E-state index in [0.29, 0.717) is 25.8 Å². The quantitative estimate of drug-likeness (QED) is 0.328. The van der Waals surface area contributed by atoms with Crippen LogP contribution in [-0.4, -0.2) is 42.8 Å². The second-order valence-corrected chi connectivity index (χ2v) is 5.14. The van der Waals surface area contributed by atoms with Crippen molar-refractivity contribution in [3.63, 3.8) is 0 Å². The van der Waals surface area contributed by atoms with E-state index in [4.69, 9.17) is 21.6 Å². The van der Waals surface area contributed by atoms with Crippen LogP contribution >= 0.6 is 0 Å². The molecule has 0 aromatic heterocycles. The highest BCUT2D eigenvalue weighted by Crippen LogP contribution is 2.19. The van der Waals surface area contributed by atoms with Gasteiger partial charge < -0.3 is 20.3 Å². The Labute approximate surface area is 130 Å². The van der Waals surface area contributed by atoms with Crippen LogP contribution in [0.25, 0.3) is 0 Å². The molecule has 0 aromatic rings. The lowest BCUT2D eigenvalue weighted by atomic mass is 9.93. The predicted molar refractivity (Wildman–Crippen MR) is 78.6 cm³/mol. The Balaban J connectivity index is 4.32. The number of hydrogen-bond acceptors (Lipinski definition) is 6. The maximum absolute atomic E-state index is 11.5. The molecule has 1 atom stereocenters. The van der Waals surface area contributed by atoms with E-state index in [2.05, 4.69) is 5.92 Å². The van der Waals surface area contributed by atoms with Crippen LogP contribution in [0.15, 0.2) is 0 Å². The summed E-state index contributed by atoms with van der Waals surface area (Å²) >= 11 is 0. The number of aliphatic carboxylic acids is 1. The van der Waals surface area contributed by atoms with Crippen LogP contribution in [0.4, 0.5) is 0 Å². The minimum absolute atomic E-state index is 0.121. The molecule has 0 aliphatic carbocycles. The molecule has 0 fully saturated rings. The van der Waals surface area contributed by atoms with E-state index >= 15 is 0 Å². The normalized spacial score (nSPS) is 12.8. The van der Waals surface area contributed by atoms with Crippen molar-refractivity contribution in [3.05, 3.63) is 0 Å². The fourth-order valence-corrected chi connectivity index (χ4v) is 1.37. The molecule has 0 radical (unpaired) electrons. The Hall–Kier alpha value is -2.07. The minimum Gasteiger partial charge on any atom is -0.481 e. The number of nitrogens with two attached hydrogens (primary N) is 1. The zero-order valence-electron chi connectivity index (χ0n) is 12.8. The highest BCUT2D eigenvalue weighted by molar-refractivity contribution is 5.76. The largest absolute Gasteiger partial charge is 0.481 e. The van der Waals surface area contributed by atoms with Gasteiger partial charge in [-0.1, -0.05) is 0 Å². The van der Waals surface area contributed by atoms with Crippen LogP contribution in [0, 0.1) is 17.8 Å². The second-order valence-electron chi connectivity index (χ2n) is 5.14. The summed E-state index contributed by atoms with van der Waals surface area (Å²) in [6.07, 6.45) is 6.70. The van der Waals surface area contributed by atoms with Gasteiger partial charge in [-0.3, -0.25) is 14.4 Å². The first-order valence-electron chi connectivity index (χ1n) is 7.04. The van der Waals surface area contributed by atoms with Crippen LogP contribution in [0.3, 0.4) is 0 Å². The molecule has 0 amide bonds. The van der Waals surface area contributed by atoms with Crippen LogP contribution in [0.5, 0.6) is 0 Å². The molecule has 0 rings (SSSR count). The van der Waals surface area contributed by atoms with Gasteiger partial charge in [-0.05, 0) is 26.3 Å². The summed E-state index contributed by atoms with van der Waals surface area (Å²) < 4.78 is 9.84. The zero-order chi connectivity index (χ0) is 17.0. The van der Waals surface area contributed by atoms with Crippen molar-refractivity contribution in [2.45, 2.75) is 39.0 Å². The highest BCUT2D eigenvalue weighted by Gasteiger charge is 2.36. The highest BCUT2D eigenvalue weighted by atomic mass is 16.6. The molecule has 0 bridgehead atoms. The van der Waals surface area contributed by atoms with E-state index in [1.807, 2.05) is 0 Å². The molecule has 0 aliphatic heterocycles. The second kappa shape index (κ2) is 10.6. The number of terminal acetylenes is 1. The van der Waals surface area contributed by atoms with E-state index in [1.54, 1.807) is 0 Å². The molecule has 0 spiro atoms. The predicted octanol–water partition coefficient (Wildman–Crippen LogP) is 0.706. The van der Waals surface area contributed by atoms with E-state index in [9.17, 15) is 19.5 Å². The van der Waals surface area contributed by atoms with Gasteiger partial charge in [0.1, 0.15) is 18.6 Å². The first kappa shape index (κ1) is 19.9. The topological polar surface area (TPSA) is 116 Å². The summed E-state index contributed by atoms with van der Waals surface area (Å²) in [6, 6.07) is 0. The fourth-order valence-electron chi connectivity index (χ4n) is 1.37. The minimum atomic E-state index is -1.49. The van der Waals surface area contributed by atoms with Crippen molar-refractivity contribution in [2.75, 3.05) is 19.8 Å². The third-order valence-corrected chi connectivity index (χ3v) is 2.91. The van der Waals surface area contributed by atoms with Gasteiger partial charge in [0.25, 0.3) is 0 Å². The first-order valence-corrected chi connectivity index (χ1v) is 7.04. The van der Waals surface area contributed by atoms with E-state index in [0.717, 1.165) is 0 Å². The smallest absolute Gasteiger partial charge is 0.316 e. The SMILES string of the molecule is C#CCCCC(=O)OCC(C)(COC(=O)CCCN)C(=O)O. The summed E-state index contributed by atoms with van der Waals surface area (Å²) in [6.45, 7) is 0.950. The Morgan fingerprint density at radius 3 is 2.05 bits per heavy atom. The van der Waals surface area contributed by atoms with Crippen LogP contribution in [0.2, 0.25) is 0 Å². The monoisotopic (exact) mass is 313 g/mol. The standard InChI is InChI=1S/C15H23NO6/c1-3-4-5-7-12(17)21-10-15(2,14(19)20)11-22-13(18)8-6-9-16/h1H,4-11,16H2,2H3,(H,19,20). The average molecular weight is 313 g/mol. The average Bonchev–Trinajstić information content (AvgIpc) is 2.49. The Kier molecular flexibility index (Phi) is 9.63. The first-order chi connectivity index (χ1) is 10.4. The molecule has 7 heteroatoms. The number of carboxylic acids is 1. The summed E-state index contributed by atoms with van der Waals surface area (Å²) in [5.41, 5.74) is 3.78. The number of hydrogen-bond donors (Lipinski definition) is 2. The third kappa shape index (κ3) is 8.27. The molecule has 0 aliphatic rings. The molecule has 3 N–H and O–H groups in total. The number of esters is 2. The molecule has 22 heavy (non-hydrogen) atoms. The van der Waals surface area contributed by atoms with E-state index in [1.165, 1.54) is 6.92 Å².